The number of aliphatic hydroxyl groups is 1. The van der Waals surface area contributed by atoms with Gasteiger partial charge in [0.05, 0.1) is 17.9 Å². The van der Waals surface area contributed by atoms with Crippen LogP contribution in [0.3, 0.4) is 0 Å². The first-order valence-electron chi connectivity index (χ1n) is 7.80. The highest BCUT2D eigenvalue weighted by atomic mass is 32.1. The van der Waals surface area contributed by atoms with Crippen LogP contribution >= 0.6 is 11.3 Å². The van der Waals surface area contributed by atoms with E-state index in [4.69, 9.17) is 10.1 Å². The summed E-state index contributed by atoms with van der Waals surface area (Å²) in [7, 11) is 0. The number of aliphatic hydroxyl groups excluding tert-OH is 1. The Kier molecular flexibility index (Phi) is 3.99. The normalized spacial score (nSPS) is 17.8. The predicted octanol–water partition coefficient (Wildman–Crippen LogP) is 1.89. The summed E-state index contributed by atoms with van der Waals surface area (Å²) >= 11 is 1.67. The lowest BCUT2D eigenvalue weighted by molar-refractivity contribution is 0.147. The third-order valence-corrected chi connectivity index (χ3v) is 5.00. The molecule has 1 fully saturated rings. The first kappa shape index (κ1) is 14.6. The van der Waals surface area contributed by atoms with Crippen molar-refractivity contribution < 1.29 is 5.11 Å². The van der Waals surface area contributed by atoms with E-state index >= 15 is 0 Å². The van der Waals surface area contributed by atoms with E-state index in [1.165, 1.54) is 0 Å². The zero-order valence-corrected chi connectivity index (χ0v) is 13.6. The van der Waals surface area contributed by atoms with E-state index < -0.39 is 0 Å². The van der Waals surface area contributed by atoms with Crippen molar-refractivity contribution in [2.24, 2.45) is 4.99 Å². The molecule has 7 heteroatoms. The number of hydrogen-bond acceptors (Lipinski definition) is 7. The van der Waals surface area contributed by atoms with Gasteiger partial charge in [-0.05, 0) is 12.1 Å². The van der Waals surface area contributed by atoms with Crippen molar-refractivity contribution in [3.05, 3.63) is 34.7 Å². The number of thiophene rings is 1. The van der Waals surface area contributed by atoms with Gasteiger partial charge in [-0.1, -0.05) is 0 Å². The van der Waals surface area contributed by atoms with Crippen molar-refractivity contribution >= 4 is 34.4 Å². The Morgan fingerprint density at radius 2 is 2.09 bits per heavy atom. The van der Waals surface area contributed by atoms with Crippen LogP contribution in [0.2, 0.25) is 0 Å². The van der Waals surface area contributed by atoms with Gasteiger partial charge in [-0.2, -0.15) is 0 Å². The number of rotatable bonds is 2. The Morgan fingerprint density at radius 3 is 2.91 bits per heavy atom. The molecule has 0 bridgehead atoms. The van der Waals surface area contributed by atoms with Gasteiger partial charge in [0.25, 0.3) is 0 Å². The van der Waals surface area contributed by atoms with Crippen molar-refractivity contribution in [3.8, 4) is 0 Å². The number of aromatic nitrogens is 1. The number of hydrogen-bond donors (Lipinski definition) is 2. The van der Waals surface area contributed by atoms with Gasteiger partial charge >= 0.3 is 0 Å². The van der Waals surface area contributed by atoms with Crippen molar-refractivity contribution in [2.75, 3.05) is 44.6 Å². The van der Waals surface area contributed by atoms with E-state index in [0.29, 0.717) is 0 Å². The lowest BCUT2D eigenvalue weighted by Gasteiger charge is -2.36. The minimum Gasteiger partial charge on any atom is -0.395 e. The molecule has 0 unspecified atom stereocenters. The molecule has 2 aliphatic heterocycles. The third-order valence-electron chi connectivity index (χ3n) is 4.26. The van der Waals surface area contributed by atoms with E-state index in [0.717, 1.165) is 61.3 Å². The molecule has 2 aliphatic rings. The molecular weight excluding hydrogens is 310 g/mol. The topological polar surface area (TPSA) is 64.0 Å². The van der Waals surface area contributed by atoms with E-state index in [1.54, 1.807) is 17.5 Å². The van der Waals surface area contributed by atoms with Crippen LogP contribution in [-0.2, 0) is 0 Å². The van der Waals surface area contributed by atoms with E-state index in [9.17, 15) is 0 Å². The second kappa shape index (κ2) is 6.27. The molecule has 6 nitrogen and oxygen atoms in total. The average molecular weight is 329 g/mol. The Morgan fingerprint density at radius 1 is 1.22 bits per heavy atom. The lowest BCUT2D eigenvalue weighted by Crippen LogP contribution is -2.49. The number of aliphatic imine (C=N–C) groups is 1. The van der Waals surface area contributed by atoms with E-state index in [1.807, 2.05) is 12.1 Å². The molecule has 2 aromatic rings. The summed E-state index contributed by atoms with van der Waals surface area (Å²) in [6, 6.07) is 3.91. The number of anilines is 2. The molecule has 1 saturated heterocycles. The zero-order chi connectivity index (χ0) is 15.6. The van der Waals surface area contributed by atoms with Crippen LogP contribution in [0.15, 0.2) is 34.1 Å². The summed E-state index contributed by atoms with van der Waals surface area (Å²) in [6.45, 7) is 4.71. The van der Waals surface area contributed by atoms with Gasteiger partial charge in [-0.15, -0.1) is 11.3 Å². The first-order chi connectivity index (χ1) is 11.3. The first-order valence-corrected chi connectivity index (χ1v) is 8.75. The number of amidine groups is 1. The van der Waals surface area contributed by atoms with Crippen LogP contribution in [0.25, 0.3) is 0 Å². The monoisotopic (exact) mass is 329 g/mol. The average Bonchev–Trinajstić information content (AvgIpc) is 2.97. The minimum absolute atomic E-state index is 0.221. The van der Waals surface area contributed by atoms with Crippen molar-refractivity contribution in [2.45, 2.75) is 0 Å². The van der Waals surface area contributed by atoms with Gasteiger partial charge in [0.2, 0.25) is 0 Å². The van der Waals surface area contributed by atoms with Crippen LogP contribution in [0, 0.1) is 0 Å². The standard InChI is InChI=1S/C16H19N5OS/c22-9-8-20-4-6-21(7-5-20)16-12-10-23-11-14(12)18-15-13(19-16)2-1-3-17-15/h1-3,10-11,22H,4-9H2,(H,17,18). The van der Waals surface area contributed by atoms with Crippen LogP contribution in [0.5, 0.6) is 0 Å². The maximum Gasteiger partial charge on any atom is 0.156 e. The summed E-state index contributed by atoms with van der Waals surface area (Å²) in [5, 5.41) is 16.7. The Hall–Kier alpha value is -1.96. The van der Waals surface area contributed by atoms with Crippen molar-refractivity contribution in [3.63, 3.8) is 0 Å². The van der Waals surface area contributed by atoms with Gasteiger partial charge in [0, 0.05) is 49.7 Å². The SMILES string of the molecule is OCCN1CCN(C2=Nc3cccnc3Nc3cscc32)CC1. The van der Waals surface area contributed by atoms with Crippen LogP contribution in [0.1, 0.15) is 5.56 Å². The largest absolute Gasteiger partial charge is 0.395 e. The molecule has 0 radical (unpaired) electrons. The molecule has 0 aliphatic carbocycles. The number of nitrogens with one attached hydrogen (secondary N) is 1. The molecule has 0 saturated carbocycles. The fourth-order valence-electron chi connectivity index (χ4n) is 3.02. The molecule has 2 N–H and O–H groups in total. The van der Waals surface area contributed by atoms with Crippen LogP contribution in [0.4, 0.5) is 17.2 Å². The molecule has 0 atom stereocenters. The highest BCUT2D eigenvalue weighted by Gasteiger charge is 2.25. The summed E-state index contributed by atoms with van der Waals surface area (Å²) in [5.41, 5.74) is 3.09. The number of piperazine rings is 1. The van der Waals surface area contributed by atoms with Gasteiger partial charge in [0.15, 0.2) is 5.82 Å². The number of β-amino-alcohol motifs (C(OH)–C–C–N with tert-alkyl or cyclic N) is 1. The van der Waals surface area contributed by atoms with Gasteiger partial charge in [-0.3, -0.25) is 4.90 Å². The molecule has 2 aromatic heterocycles. The molecular formula is C16H19N5OS. The van der Waals surface area contributed by atoms with Crippen LogP contribution in [-0.4, -0.2) is 65.1 Å². The predicted molar refractivity (Wildman–Crippen MR) is 93.1 cm³/mol. The minimum atomic E-state index is 0.221. The van der Waals surface area contributed by atoms with E-state index in [-0.39, 0.29) is 6.61 Å². The maximum atomic E-state index is 9.09. The summed E-state index contributed by atoms with van der Waals surface area (Å²) in [4.78, 5) is 13.9. The Bertz CT molecular complexity index is 721. The molecule has 0 aromatic carbocycles. The molecule has 0 amide bonds. The van der Waals surface area contributed by atoms with Gasteiger partial charge in [0.1, 0.15) is 11.5 Å². The molecule has 4 rings (SSSR count). The summed E-state index contributed by atoms with van der Waals surface area (Å²) in [6.07, 6.45) is 1.78. The second-order valence-corrected chi connectivity index (χ2v) is 6.43. The smallest absolute Gasteiger partial charge is 0.156 e. The number of fused-ring (bicyclic) bond motifs is 2. The lowest BCUT2D eigenvalue weighted by atomic mass is 10.2. The van der Waals surface area contributed by atoms with Crippen LogP contribution < -0.4 is 5.32 Å². The second-order valence-electron chi connectivity index (χ2n) is 5.68. The van der Waals surface area contributed by atoms with Gasteiger partial charge in [-0.25, -0.2) is 9.98 Å². The fraction of sp³-hybridized carbons (Fsp3) is 0.375. The van der Waals surface area contributed by atoms with Gasteiger partial charge < -0.3 is 15.3 Å². The van der Waals surface area contributed by atoms with E-state index in [2.05, 4.69) is 30.9 Å². The number of nitrogens with zero attached hydrogens (tertiary/aromatic N) is 4. The highest BCUT2D eigenvalue weighted by Crippen LogP contribution is 2.35. The highest BCUT2D eigenvalue weighted by molar-refractivity contribution is 7.08. The molecule has 120 valence electrons. The number of pyridine rings is 1. The quantitative estimate of drug-likeness (QED) is 0.881. The third kappa shape index (κ3) is 2.83. The molecule has 23 heavy (non-hydrogen) atoms. The summed E-state index contributed by atoms with van der Waals surface area (Å²) in [5.74, 6) is 1.82. The maximum absolute atomic E-state index is 9.09. The van der Waals surface area contributed by atoms with Crippen molar-refractivity contribution in [1.82, 2.24) is 14.8 Å². The van der Waals surface area contributed by atoms with Crippen molar-refractivity contribution in [1.29, 1.82) is 0 Å². The zero-order valence-electron chi connectivity index (χ0n) is 12.8. The fourth-order valence-corrected chi connectivity index (χ4v) is 3.78. The molecule has 0 spiro atoms. The Labute approximate surface area is 139 Å². The Balaban J connectivity index is 1.66. The molecule has 4 heterocycles. The summed E-state index contributed by atoms with van der Waals surface area (Å²) < 4.78 is 0.